The van der Waals surface area contributed by atoms with Crippen molar-refractivity contribution < 1.29 is 23.1 Å². The van der Waals surface area contributed by atoms with E-state index in [0.717, 1.165) is 35.6 Å². The molecule has 3 aromatic rings. The molecule has 0 spiro atoms. The van der Waals surface area contributed by atoms with Gasteiger partial charge in [0.1, 0.15) is 5.82 Å². The van der Waals surface area contributed by atoms with Crippen LogP contribution in [0.25, 0.3) is 16.9 Å². The second-order valence-corrected chi connectivity index (χ2v) is 10.7. The number of benzene rings is 1. The van der Waals surface area contributed by atoms with Gasteiger partial charge in [0, 0.05) is 36.0 Å². The van der Waals surface area contributed by atoms with Gasteiger partial charge in [0.15, 0.2) is 5.65 Å². The van der Waals surface area contributed by atoms with Crippen LogP contribution < -0.4 is 4.90 Å². The molecule has 3 heterocycles. The number of piperidine rings is 1. The summed E-state index contributed by atoms with van der Waals surface area (Å²) in [6, 6.07) is 6.71. The average Bonchev–Trinajstić information content (AvgIpc) is 3.20. The molecule has 2 aromatic heterocycles. The van der Waals surface area contributed by atoms with Crippen molar-refractivity contribution in [1.29, 1.82) is 0 Å². The molecule has 36 heavy (non-hydrogen) atoms. The van der Waals surface area contributed by atoms with Crippen molar-refractivity contribution in [3.8, 4) is 11.3 Å². The van der Waals surface area contributed by atoms with Gasteiger partial charge in [-0.2, -0.15) is 22.8 Å². The lowest BCUT2D eigenvalue weighted by Crippen LogP contribution is -2.49. The summed E-state index contributed by atoms with van der Waals surface area (Å²) in [5, 5.41) is 15.0. The highest BCUT2D eigenvalue weighted by molar-refractivity contribution is 5.76. The minimum absolute atomic E-state index is 0.113. The first-order valence-electron chi connectivity index (χ1n) is 12.4. The van der Waals surface area contributed by atoms with Gasteiger partial charge in [-0.05, 0) is 50.2 Å². The number of hydrogen-bond donors (Lipinski definition) is 1. The summed E-state index contributed by atoms with van der Waals surface area (Å²) in [7, 11) is 0. The molecule has 1 aliphatic heterocycles. The standard InChI is InChI=1S/C27H33F3N4O2/c1-16(2)14-26(25(35)36)11-6-12-33(15-26)24-23(17(3)4)18(5)31-22-13-21(32-34(22)24)19-7-9-20(10-8-19)27(28,29)30/h7-10,13,16-17H,6,11-12,14-15H2,1-5H3,(H,35,36). The summed E-state index contributed by atoms with van der Waals surface area (Å²) in [6.07, 6.45) is -2.46. The smallest absolute Gasteiger partial charge is 0.416 e. The van der Waals surface area contributed by atoms with E-state index in [9.17, 15) is 23.1 Å². The summed E-state index contributed by atoms with van der Waals surface area (Å²) in [5.74, 6) is 0.391. The van der Waals surface area contributed by atoms with E-state index < -0.39 is 23.1 Å². The van der Waals surface area contributed by atoms with Gasteiger partial charge in [0.2, 0.25) is 0 Å². The van der Waals surface area contributed by atoms with Gasteiger partial charge < -0.3 is 10.0 Å². The first kappa shape index (κ1) is 26.0. The van der Waals surface area contributed by atoms with E-state index in [4.69, 9.17) is 10.1 Å². The SMILES string of the molecule is Cc1nc2cc(-c3ccc(C(F)(F)F)cc3)nn2c(N2CCCC(CC(C)C)(C(=O)O)C2)c1C(C)C. The number of hydrogen-bond acceptors (Lipinski definition) is 4. The molecule has 1 saturated heterocycles. The number of halogens is 3. The minimum atomic E-state index is -4.41. The highest BCUT2D eigenvalue weighted by Gasteiger charge is 2.44. The molecule has 1 atom stereocenters. The average molecular weight is 503 g/mol. The lowest BCUT2D eigenvalue weighted by molar-refractivity contribution is -0.150. The van der Waals surface area contributed by atoms with Gasteiger partial charge in [-0.1, -0.05) is 39.8 Å². The summed E-state index contributed by atoms with van der Waals surface area (Å²) < 4.78 is 40.8. The molecule has 9 heteroatoms. The van der Waals surface area contributed by atoms with Crippen LogP contribution in [0.1, 0.15) is 69.7 Å². The van der Waals surface area contributed by atoms with Crippen molar-refractivity contribution in [3.63, 3.8) is 0 Å². The molecule has 6 nitrogen and oxygen atoms in total. The Labute approximate surface area is 209 Å². The summed E-state index contributed by atoms with van der Waals surface area (Å²) >= 11 is 0. The van der Waals surface area contributed by atoms with Crippen LogP contribution in [-0.2, 0) is 11.0 Å². The second-order valence-electron chi connectivity index (χ2n) is 10.7. The number of carboxylic acids is 1. The molecule has 0 bridgehead atoms. The van der Waals surface area contributed by atoms with E-state index in [-0.39, 0.29) is 11.8 Å². The zero-order valence-corrected chi connectivity index (χ0v) is 21.4. The zero-order chi connectivity index (χ0) is 26.4. The molecular weight excluding hydrogens is 469 g/mol. The maximum Gasteiger partial charge on any atom is 0.416 e. The summed E-state index contributed by atoms with van der Waals surface area (Å²) in [5.41, 5.74) is 1.92. The Morgan fingerprint density at radius 2 is 1.83 bits per heavy atom. The maximum absolute atomic E-state index is 13.0. The lowest BCUT2D eigenvalue weighted by Gasteiger charge is -2.42. The molecule has 1 aliphatic rings. The number of carboxylic acid groups (broad SMARTS) is 1. The molecule has 4 rings (SSSR count). The van der Waals surface area contributed by atoms with Crippen LogP contribution in [0.5, 0.6) is 0 Å². The fourth-order valence-corrected chi connectivity index (χ4v) is 5.59. The van der Waals surface area contributed by atoms with E-state index in [1.165, 1.54) is 12.1 Å². The van der Waals surface area contributed by atoms with Crippen LogP contribution >= 0.6 is 0 Å². The molecule has 0 saturated carbocycles. The van der Waals surface area contributed by atoms with E-state index in [2.05, 4.69) is 18.7 Å². The third-order valence-electron chi connectivity index (χ3n) is 7.02. The Bertz CT molecular complexity index is 1260. The van der Waals surface area contributed by atoms with E-state index in [0.29, 0.717) is 42.8 Å². The largest absolute Gasteiger partial charge is 0.481 e. The number of aromatic nitrogens is 3. The molecule has 1 N–H and O–H groups in total. The normalized spacial score (nSPS) is 19.0. The van der Waals surface area contributed by atoms with Crippen molar-refractivity contribution in [2.45, 2.75) is 66.0 Å². The van der Waals surface area contributed by atoms with Gasteiger partial charge >= 0.3 is 12.1 Å². The van der Waals surface area contributed by atoms with Gasteiger partial charge in [-0.3, -0.25) is 4.79 Å². The minimum Gasteiger partial charge on any atom is -0.481 e. The molecular formula is C27H33F3N4O2. The molecule has 1 fully saturated rings. The maximum atomic E-state index is 13.0. The third-order valence-corrected chi connectivity index (χ3v) is 7.02. The summed E-state index contributed by atoms with van der Waals surface area (Å²) in [6.45, 7) is 11.2. The first-order valence-corrected chi connectivity index (χ1v) is 12.4. The first-order chi connectivity index (χ1) is 16.8. The molecule has 0 aliphatic carbocycles. The molecule has 194 valence electrons. The van der Waals surface area contributed by atoms with Gasteiger partial charge in [0.25, 0.3) is 0 Å². The predicted octanol–water partition coefficient (Wildman–Crippen LogP) is 6.56. The van der Waals surface area contributed by atoms with Crippen LogP contribution in [0, 0.1) is 18.3 Å². The van der Waals surface area contributed by atoms with E-state index in [1.807, 2.05) is 20.8 Å². The fraction of sp³-hybridized carbons (Fsp3) is 0.519. The monoisotopic (exact) mass is 502 g/mol. The van der Waals surface area contributed by atoms with Crippen LogP contribution in [0.15, 0.2) is 30.3 Å². The van der Waals surface area contributed by atoms with Gasteiger partial charge in [0.05, 0.1) is 16.7 Å². The van der Waals surface area contributed by atoms with E-state index >= 15 is 0 Å². The fourth-order valence-electron chi connectivity index (χ4n) is 5.59. The van der Waals surface area contributed by atoms with E-state index in [1.54, 1.807) is 10.6 Å². The Morgan fingerprint density at radius 1 is 1.17 bits per heavy atom. The number of alkyl halides is 3. The number of fused-ring (bicyclic) bond motifs is 1. The van der Waals surface area contributed by atoms with Crippen molar-refractivity contribution in [1.82, 2.24) is 14.6 Å². The van der Waals surface area contributed by atoms with Crippen molar-refractivity contribution in [2.24, 2.45) is 11.3 Å². The Hall–Kier alpha value is -3.10. The quantitative estimate of drug-likeness (QED) is 0.413. The van der Waals surface area contributed by atoms with Crippen LogP contribution in [0.2, 0.25) is 0 Å². The van der Waals surface area contributed by atoms with Crippen molar-refractivity contribution >= 4 is 17.4 Å². The predicted molar refractivity (Wildman–Crippen MR) is 133 cm³/mol. The number of rotatable bonds is 6. The molecule has 0 radical (unpaired) electrons. The molecule has 1 unspecified atom stereocenters. The Balaban J connectivity index is 1.85. The second kappa shape index (κ2) is 9.41. The van der Waals surface area contributed by atoms with Gasteiger partial charge in [-0.25, -0.2) is 4.98 Å². The number of anilines is 1. The molecule has 0 amide bonds. The topological polar surface area (TPSA) is 70.7 Å². The Kier molecular flexibility index (Phi) is 6.79. The lowest BCUT2D eigenvalue weighted by atomic mass is 9.74. The van der Waals surface area contributed by atoms with Crippen molar-refractivity contribution in [2.75, 3.05) is 18.0 Å². The highest BCUT2D eigenvalue weighted by Crippen LogP contribution is 2.41. The number of aliphatic carboxylic acids is 1. The molecule has 1 aromatic carbocycles. The Morgan fingerprint density at radius 3 is 2.39 bits per heavy atom. The van der Waals surface area contributed by atoms with Crippen LogP contribution in [0.3, 0.4) is 0 Å². The van der Waals surface area contributed by atoms with Crippen molar-refractivity contribution in [3.05, 3.63) is 47.2 Å². The summed E-state index contributed by atoms with van der Waals surface area (Å²) in [4.78, 5) is 19.4. The third kappa shape index (κ3) is 4.80. The zero-order valence-electron chi connectivity index (χ0n) is 21.4. The van der Waals surface area contributed by atoms with Crippen LogP contribution in [0.4, 0.5) is 19.0 Å². The van der Waals surface area contributed by atoms with Gasteiger partial charge in [-0.15, -0.1) is 0 Å². The van der Waals surface area contributed by atoms with Crippen LogP contribution in [-0.4, -0.2) is 38.8 Å². The number of nitrogens with zero attached hydrogens (tertiary/aromatic N) is 4. The highest BCUT2D eigenvalue weighted by atomic mass is 19.4. The number of aryl methyl sites for hydroxylation is 1. The number of carbonyl (C=O) groups is 1.